The first kappa shape index (κ1) is 13.5. The van der Waals surface area contributed by atoms with Gasteiger partial charge in [0, 0.05) is 29.7 Å². The molecule has 3 rings (SSSR count). The molecule has 1 saturated heterocycles. The zero-order valence-electron chi connectivity index (χ0n) is 11.6. The molecule has 0 amide bonds. The number of hydrogen-bond acceptors (Lipinski definition) is 5. The molecule has 106 valence electrons. The molecule has 0 aliphatic carbocycles. The Morgan fingerprint density at radius 2 is 2.20 bits per heavy atom. The number of aromatic nitrogens is 1. The summed E-state index contributed by atoms with van der Waals surface area (Å²) in [6.07, 6.45) is 0.108. The van der Waals surface area contributed by atoms with Crippen molar-refractivity contribution in [2.45, 2.75) is 13.0 Å². The Morgan fingerprint density at radius 3 is 2.95 bits per heavy atom. The molecule has 20 heavy (non-hydrogen) atoms. The molecular formula is C15H19N3OS. The fourth-order valence-corrected chi connectivity index (χ4v) is 3.23. The van der Waals surface area contributed by atoms with Gasteiger partial charge in [0.15, 0.2) is 0 Å². The zero-order valence-corrected chi connectivity index (χ0v) is 12.4. The summed E-state index contributed by atoms with van der Waals surface area (Å²) in [4.78, 5) is 7.13. The Morgan fingerprint density at radius 1 is 1.40 bits per heavy atom. The molecule has 1 unspecified atom stereocenters. The van der Waals surface area contributed by atoms with Crippen LogP contribution in [0.5, 0.6) is 0 Å². The number of hydrogen-bond donors (Lipinski definition) is 1. The lowest BCUT2D eigenvalue weighted by Crippen LogP contribution is -2.37. The Balaban J connectivity index is 1.78. The van der Waals surface area contributed by atoms with E-state index < -0.39 is 0 Å². The van der Waals surface area contributed by atoms with Crippen molar-refractivity contribution in [2.75, 3.05) is 32.0 Å². The second-order valence-corrected chi connectivity index (χ2v) is 5.84. The number of nitrogens with zero attached hydrogens (tertiary/aromatic N) is 2. The molecule has 1 aromatic carbocycles. The van der Waals surface area contributed by atoms with Crippen molar-refractivity contribution < 1.29 is 4.74 Å². The second kappa shape index (κ2) is 5.91. The lowest BCUT2D eigenvalue weighted by atomic mass is 10.1. The maximum atomic E-state index is 5.85. The van der Waals surface area contributed by atoms with Crippen LogP contribution in [0.4, 0.5) is 5.69 Å². The van der Waals surface area contributed by atoms with Crippen molar-refractivity contribution in [3.8, 4) is 11.3 Å². The highest BCUT2D eigenvalue weighted by Crippen LogP contribution is 2.29. The summed E-state index contributed by atoms with van der Waals surface area (Å²) in [6, 6.07) is 7.83. The van der Waals surface area contributed by atoms with Crippen LogP contribution in [0.2, 0.25) is 0 Å². The van der Waals surface area contributed by atoms with Crippen LogP contribution >= 0.6 is 11.3 Å². The summed E-state index contributed by atoms with van der Waals surface area (Å²) in [5.41, 5.74) is 8.59. The maximum absolute atomic E-state index is 5.85. The van der Waals surface area contributed by atoms with Crippen molar-refractivity contribution in [3.63, 3.8) is 0 Å². The van der Waals surface area contributed by atoms with E-state index in [1.165, 1.54) is 0 Å². The molecule has 0 radical (unpaired) electrons. The van der Waals surface area contributed by atoms with Gasteiger partial charge < -0.3 is 10.5 Å². The number of ether oxygens (including phenoxy) is 1. The normalized spacial score (nSPS) is 20.1. The zero-order chi connectivity index (χ0) is 13.9. The monoisotopic (exact) mass is 289 g/mol. The number of thiazole rings is 1. The van der Waals surface area contributed by atoms with E-state index >= 15 is 0 Å². The van der Waals surface area contributed by atoms with Crippen LogP contribution in [0, 0.1) is 0 Å². The first-order valence-electron chi connectivity index (χ1n) is 6.91. The summed E-state index contributed by atoms with van der Waals surface area (Å²) in [5.74, 6) is 0. The molecule has 2 aromatic rings. The predicted octanol–water partition coefficient (Wildman–Crippen LogP) is 2.79. The number of likely N-dealkylation sites (N-methyl/N-ethyl adjacent to an activating group) is 1. The fourth-order valence-electron chi connectivity index (χ4n) is 2.36. The first-order valence-corrected chi connectivity index (χ1v) is 7.79. The minimum Gasteiger partial charge on any atom is -0.399 e. The number of morpholine rings is 1. The smallest absolute Gasteiger partial charge is 0.124 e. The summed E-state index contributed by atoms with van der Waals surface area (Å²) >= 11 is 1.67. The number of nitrogens with two attached hydrogens (primary N) is 1. The molecule has 0 spiro atoms. The molecule has 0 saturated carbocycles. The molecule has 0 bridgehead atoms. The topological polar surface area (TPSA) is 51.4 Å². The Kier molecular flexibility index (Phi) is 4.00. The highest BCUT2D eigenvalue weighted by molar-refractivity contribution is 7.10. The second-order valence-electron chi connectivity index (χ2n) is 4.95. The van der Waals surface area contributed by atoms with Gasteiger partial charge in [0.05, 0.1) is 12.3 Å². The van der Waals surface area contributed by atoms with E-state index in [9.17, 15) is 0 Å². The van der Waals surface area contributed by atoms with E-state index in [1.807, 2.05) is 24.3 Å². The lowest BCUT2D eigenvalue weighted by Gasteiger charge is -2.30. The van der Waals surface area contributed by atoms with Gasteiger partial charge >= 0.3 is 0 Å². The maximum Gasteiger partial charge on any atom is 0.124 e. The van der Waals surface area contributed by atoms with Gasteiger partial charge in [-0.25, -0.2) is 4.98 Å². The van der Waals surface area contributed by atoms with Crippen LogP contribution in [0.3, 0.4) is 0 Å². The first-order chi connectivity index (χ1) is 9.76. The van der Waals surface area contributed by atoms with Crippen molar-refractivity contribution in [1.29, 1.82) is 0 Å². The van der Waals surface area contributed by atoms with Crippen LogP contribution in [0.25, 0.3) is 11.3 Å². The van der Waals surface area contributed by atoms with Crippen LogP contribution in [-0.4, -0.2) is 36.1 Å². The Bertz CT molecular complexity index is 567. The minimum absolute atomic E-state index is 0.108. The van der Waals surface area contributed by atoms with Crippen LogP contribution in [0.15, 0.2) is 29.6 Å². The van der Waals surface area contributed by atoms with Crippen molar-refractivity contribution in [3.05, 3.63) is 34.7 Å². The summed E-state index contributed by atoms with van der Waals surface area (Å²) in [5, 5.41) is 3.16. The predicted molar refractivity (Wildman–Crippen MR) is 82.8 cm³/mol. The van der Waals surface area contributed by atoms with Gasteiger partial charge in [0.2, 0.25) is 0 Å². The minimum atomic E-state index is 0.108. The highest BCUT2D eigenvalue weighted by Gasteiger charge is 2.23. The molecular weight excluding hydrogens is 270 g/mol. The van der Waals surface area contributed by atoms with E-state index in [0.717, 1.165) is 48.2 Å². The number of rotatable bonds is 3. The number of anilines is 1. The van der Waals surface area contributed by atoms with Gasteiger partial charge in [0.25, 0.3) is 0 Å². The fraction of sp³-hybridized carbons (Fsp3) is 0.400. The third-order valence-corrected chi connectivity index (χ3v) is 4.54. The quantitative estimate of drug-likeness (QED) is 0.883. The lowest BCUT2D eigenvalue weighted by molar-refractivity contribution is -0.0282. The Hall–Kier alpha value is -1.43. The summed E-state index contributed by atoms with van der Waals surface area (Å²) in [6.45, 7) is 5.99. The SMILES string of the molecule is CCN1CCOC(c2nc(-c3ccc(N)cc3)cs2)C1. The molecule has 1 aliphatic heterocycles. The average Bonchev–Trinajstić information content (AvgIpc) is 2.98. The third kappa shape index (κ3) is 2.85. The van der Waals surface area contributed by atoms with E-state index in [4.69, 9.17) is 15.5 Å². The number of benzene rings is 1. The van der Waals surface area contributed by atoms with Crippen molar-refractivity contribution in [2.24, 2.45) is 0 Å². The molecule has 1 aliphatic rings. The Labute approximate surface area is 123 Å². The van der Waals surface area contributed by atoms with Crippen molar-refractivity contribution in [1.82, 2.24) is 9.88 Å². The highest BCUT2D eigenvalue weighted by atomic mass is 32.1. The van der Waals surface area contributed by atoms with Gasteiger partial charge in [0.1, 0.15) is 11.1 Å². The molecule has 2 N–H and O–H groups in total. The van der Waals surface area contributed by atoms with Crippen molar-refractivity contribution >= 4 is 17.0 Å². The van der Waals surface area contributed by atoms with E-state index in [1.54, 1.807) is 11.3 Å². The summed E-state index contributed by atoms with van der Waals surface area (Å²) in [7, 11) is 0. The third-order valence-electron chi connectivity index (χ3n) is 3.60. The number of nitrogen functional groups attached to an aromatic ring is 1. The molecule has 1 fully saturated rings. The van der Waals surface area contributed by atoms with Crippen LogP contribution < -0.4 is 5.73 Å². The van der Waals surface area contributed by atoms with Gasteiger partial charge in [-0.05, 0) is 18.7 Å². The molecule has 1 atom stereocenters. The van der Waals surface area contributed by atoms with Gasteiger partial charge in [-0.2, -0.15) is 0 Å². The molecule has 4 nitrogen and oxygen atoms in total. The van der Waals surface area contributed by atoms with E-state index in [2.05, 4.69) is 17.2 Å². The van der Waals surface area contributed by atoms with E-state index in [-0.39, 0.29) is 6.10 Å². The van der Waals surface area contributed by atoms with Crippen LogP contribution in [-0.2, 0) is 4.74 Å². The standard InChI is InChI=1S/C15H19N3OS/c1-2-18-7-8-19-14(9-18)15-17-13(10-20-15)11-3-5-12(16)6-4-11/h3-6,10,14H,2,7-9,16H2,1H3. The van der Waals surface area contributed by atoms with Crippen LogP contribution in [0.1, 0.15) is 18.0 Å². The average molecular weight is 289 g/mol. The molecule has 5 heteroatoms. The van der Waals surface area contributed by atoms with Gasteiger partial charge in [-0.1, -0.05) is 19.1 Å². The molecule has 1 aromatic heterocycles. The van der Waals surface area contributed by atoms with Gasteiger partial charge in [-0.15, -0.1) is 11.3 Å². The van der Waals surface area contributed by atoms with Gasteiger partial charge in [-0.3, -0.25) is 4.90 Å². The molecule has 2 heterocycles. The summed E-state index contributed by atoms with van der Waals surface area (Å²) < 4.78 is 5.85. The largest absolute Gasteiger partial charge is 0.399 e. The van der Waals surface area contributed by atoms with E-state index in [0.29, 0.717) is 0 Å².